The van der Waals surface area contributed by atoms with Gasteiger partial charge < -0.3 is 21.1 Å². The third-order valence-corrected chi connectivity index (χ3v) is 5.72. The number of halogens is 1. The van der Waals surface area contributed by atoms with Gasteiger partial charge in [-0.3, -0.25) is 9.59 Å². The summed E-state index contributed by atoms with van der Waals surface area (Å²) in [4.78, 5) is 24.5. The van der Waals surface area contributed by atoms with Crippen molar-refractivity contribution in [2.75, 3.05) is 25.5 Å². The molecule has 1 fully saturated rings. The molecule has 1 aromatic carbocycles. The minimum Gasteiger partial charge on any atom is -0.495 e. The van der Waals surface area contributed by atoms with E-state index in [-0.39, 0.29) is 23.7 Å². The maximum Gasteiger partial charge on any atom is 0.226 e. The van der Waals surface area contributed by atoms with Crippen LogP contribution in [0.3, 0.4) is 0 Å². The quantitative estimate of drug-likeness (QED) is 0.628. The van der Waals surface area contributed by atoms with Crippen LogP contribution in [0.15, 0.2) is 12.1 Å². The van der Waals surface area contributed by atoms with Crippen LogP contribution in [0, 0.1) is 12.3 Å². The lowest BCUT2D eigenvalue weighted by molar-refractivity contribution is -0.124. The SMILES string of the molecule is COc1cc(Cl)c(C)cc1NC(=O)CCNC(=O)CC1(CN)CCCCC1. The summed E-state index contributed by atoms with van der Waals surface area (Å²) in [5.74, 6) is 0.279. The Balaban J connectivity index is 1.80. The van der Waals surface area contributed by atoms with Crippen LogP contribution in [-0.2, 0) is 9.59 Å². The Morgan fingerprint density at radius 2 is 1.93 bits per heavy atom. The van der Waals surface area contributed by atoms with Crippen molar-refractivity contribution in [1.82, 2.24) is 5.32 Å². The summed E-state index contributed by atoms with van der Waals surface area (Å²) in [6.45, 7) is 2.69. The van der Waals surface area contributed by atoms with Gasteiger partial charge in [0.05, 0.1) is 12.8 Å². The van der Waals surface area contributed by atoms with E-state index >= 15 is 0 Å². The summed E-state index contributed by atoms with van der Waals surface area (Å²) in [6, 6.07) is 3.44. The van der Waals surface area contributed by atoms with Crippen molar-refractivity contribution in [2.45, 2.75) is 51.9 Å². The van der Waals surface area contributed by atoms with Crippen molar-refractivity contribution in [3.63, 3.8) is 0 Å². The van der Waals surface area contributed by atoms with Crippen molar-refractivity contribution in [2.24, 2.45) is 11.1 Å². The van der Waals surface area contributed by atoms with E-state index in [0.29, 0.717) is 36.0 Å². The van der Waals surface area contributed by atoms with Gasteiger partial charge in [-0.15, -0.1) is 0 Å². The number of hydrogen-bond acceptors (Lipinski definition) is 4. The molecule has 0 unspecified atom stereocenters. The lowest BCUT2D eigenvalue weighted by atomic mass is 9.71. The molecule has 2 amide bonds. The summed E-state index contributed by atoms with van der Waals surface area (Å²) >= 11 is 6.07. The number of ether oxygens (including phenoxy) is 1. The third-order valence-electron chi connectivity index (χ3n) is 5.31. The van der Waals surface area contributed by atoms with Crippen LogP contribution in [0.5, 0.6) is 5.75 Å². The average molecular weight is 396 g/mol. The van der Waals surface area contributed by atoms with Crippen LogP contribution in [0.25, 0.3) is 0 Å². The van der Waals surface area contributed by atoms with E-state index in [4.69, 9.17) is 22.1 Å². The zero-order chi connectivity index (χ0) is 19.9. The summed E-state index contributed by atoms with van der Waals surface area (Å²) in [5.41, 5.74) is 7.28. The zero-order valence-electron chi connectivity index (χ0n) is 16.2. The lowest BCUT2D eigenvalue weighted by Gasteiger charge is -2.35. The van der Waals surface area contributed by atoms with Gasteiger partial charge in [0.2, 0.25) is 11.8 Å². The zero-order valence-corrected chi connectivity index (χ0v) is 17.0. The molecule has 150 valence electrons. The van der Waals surface area contributed by atoms with Gasteiger partial charge in [0, 0.05) is 30.5 Å². The van der Waals surface area contributed by atoms with Gasteiger partial charge >= 0.3 is 0 Å². The Hall–Kier alpha value is -1.79. The highest BCUT2D eigenvalue weighted by Gasteiger charge is 2.32. The first-order valence-corrected chi connectivity index (χ1v) is 9.88. The highest BCUT2D eigenvalue weighted by molar-refractivity contribution is 6.31. The molecule has 0 saturated heterocycles. The first kappa shape index (κ1) is 21.5. The largest absolute Gasteiger partial charge is 0.495 e. The molecule has 2 rings (SSSR count). The standard InChI is InChI=1S/C20H30ClN3O3/c1-14-10-16(17(27-2)11-15(14)21)24-18(25)6-9-23-19(26)12-20(13-22)7-4-3-5-8-20/h10-11H,3-9,12-13,22H2,1-2H3,(H,23,26)(H,24,25). The van der Waals surface area contributed by atoms with Gasteiger partial charge in [0.15, 0.2) is 0 Å². The summed E-state index contributed by atoms with van der Waals surface area (Å²) in [6.07, 6.45) is 6.13. The molecule has 0 aliphatic heterocycles. The molecule has 1 aliphatic rings. The number of carbonyl (C=O) groups excluding carboxylic acids is 2. The monoisotopic (exact) mass is 395 g/mol. The molecule has 4 N–H and O–H groups in total. The second-order valence-electron chi connectivity index (χ2n) is 7.39. The Bertz CT molecular complexity index is 673. The molecule has 7 heteroatoms. The van der Waals surface area contributed by atoms with Gasteiger partial charge in [-0.25, -0.2) is 0 Å². The molecule has 1 saturated carbocycles. The fraction of sp³-hybridized carbons (Fsp3) is 0.600. The molecule has 0 spiro atoms. The fourth-order valence-corrected chi connectivity index (χ4v) is 3.77. The molecule has 0 aromatic heterocycles. The maximum atomic E-state index is 12.3. The molecule has 0 bridgehead atoms. The van der Waals surface area contributed by atoms with Gasteiger partial charge in [0.1, 0.15) is 5.75 Å². The van der Waals surface area contributed by atoms with Crippen LogP contribution < -0.4 is 21.1 Å². The Morgan fingerprint density at radius 3 is 2.56 bits per heavy atom. The fourth-order valence-electron chi connectivity index (χ4n) is 3.62. The molecular formula is C20H30ClN3O3. The summed E-state index contributed by atoms with van der Waals surface area (Å²) in [5, 5.41) is 6.23. The first-order chi connectivity index (χ1) is 12.9. The number of amides is 2. The normalized spacial score (nSPS) is 15.9. The number of methoxy groups -OCH3 is 1. The van der Waals surface area contributed by atoms with E-state index in [0.717, 1.165) is 31.2 Å². The Morgan fingerprint density at radius 1 is 1.22 bits per heavy atom. The average Bonchev–Trinajstić information content (AvgIpc) is 2.65. The Kier molecular flexibility index (Phi) is 7.92. The molecule has 6 nitrogen and oxygen atoms in total. The number of aryl methyl sites for hydroxylation is 1. The molecule has 1 aromatic rings. The molecule has 0 atom stereocenters. The number of carbonyl (C=O) groups is 2. The Labute approximate surface area is 166 Å². The van der Waals surface area contributed by atoms with E-state index in [1.807, 2.05) is 6.92 Å². The highest BCUT2D eigenvalue weighted by Crippen LogP contribution is 2.38. The predicted octanol–water partition coefficient (Wildman–Crippen LogP) is 3.40. The van der Waals surface area contributed by atoms with Crippen molar-refractivity contribution in [3.05, 3.63) is 22.7 Å². The minimum atomic E-state index is -0.193. The summed E-state index contributed by atoms with van der Waals surface area (Å²) < 4.78 is 5.25. The van der Waals surface area contributed by atoms with Crippen molar-refractivity contribution in [3.8, 4) is 5.75 Å². The van der Waals surface area contributed by atoms with Crippen LogP contribution in [0.4, 0.5) is 5.69 Å². The molecule has 27 heavy (non-hydrogen) atoms. The third kappa shape index (κ3) is 6.11. The van der Waals surface area contributed by atoms with E-state index < -0.39 is 0 Å². The number of nitrogens with two attached hydrogens (primary N) is 1. The first-order valence-electron chi connectivity index (χ1n) is 9.50. The number of nitrogens with one attached hydrogen (secondary N) is 2. The lowest BCUT2D eigenvalue weighted by Crippen LogP contribution is -2.39. The van der Waals surface area contributed by atoms with Crippen molar-refractivity contribution in [1.29, 1.82) is 0 Å². The molecule has 1 aliphatic carbocycles. The van der Waals surface area contributed by atoms with Crippen molar-refractivity contribution < 1.29 is 14.3 Å². The molecular weight excluding hydrogens is 366 g/mol. The van der Waals surface area contributed by atoms with Crippen LogP contribution >= 0.6 is 11.6 Å². The second kappa shape index (κ2) is 9.95. The predicted molar refractivity (Wildman–Crippen MR) is 108 cm³/mol. The van der Waals surface area contributed by atoms with E-state index in [9.17, 15) is 9.59 Å². The van der Waals surface area contributed by atoms with Crippen molar-refractivity contribution >= 4 is 29.1 Å². The van der Waals surface area contributed by atoms with Crippen LogP contribution in [0.1, 0.15) is 50.5 Å². The van der Waals surface area contributed by atoms with E-state index in [1.165, 1.54) is 13.5 Å². The van der Waals surface area contributed by atoms with Crippen LogP contribution in [0.2, 0.25) is 5.02 Å². The minimum absolute atomic E-state index is 0.0323. The smallest absolute Gasteiger partial charge is 0.226 e. The van der Waals surface area contributed by atoms with E-state index in [2.05, 4.69) is 10.6 Å². The van der Waals surface area contributed by atoms with Gasteiger partial charge in [-0.2, -0.15) is 0 Å². The number of hydrogen-bond donors (Lipinski definition) is 3. The van der Waals surface area contributed by atoms with E-state index in [1.54, 1.807) is 12.1 Å². The maximum absolute atomic E-state index is 12.3. The van der Waals surface area contributed by atoms with Gasteiger partial charge in [0.25, 0.3) is 0 Å². The number of anilines is 1. The second-order valence-corrected chi connectivity index (χ2v) is 7.80. The topological polar surface area (TPSA) is 93.5 Å². The molecule has 0 heterocycles. The number of rotatable bonds is 8. The molecule has 0 radical (unpaired) electrons. The summed E-state index contributed by atoms with van der Waals surface area (Å²) in [7, 11) is 1.52. The highest BCUT2D eigenvalue weighted by atomic mass is 35.5. The van der Waals surface area contributed by atoms with Crippen LogP contribution in [-0.4, -0.2) is 32.0 Å². The van der Waals surface area contributed by atoms with Gasteiger partial charge in [-0.1, -0.05) is 30.9 Å². The van der Waals surface area contributed by atoms with Gasteiger partial charge in [-0.05, 0) is 43.4 Å². The number of benzene rings is 1.